The van der Waals surface area contributed by atoms with Gasteiger partial charge >= 0.3 is 0 Å². The summed E-state index contributed by atoms with van der Waals surface area (Å²) in [6.07, 6.45) is 6.01. The highest BCUT2D eigenvalue weighted by atomic mass is 79.9. The van der Waals surface area contributed by atoms with E-state index in [4.69, 9.17) is 0 Å². The van der Waals surface area contributed by atoms with Crippen LogP contribution in [0.3, 0.4) is 0 Å². The molecule has 0 bridgehead atoms. The molecule has 0 aliphatic rings. The van der Waals surface area contributed by atoms with Gasteiger partial charge in [-0.3, -0.25) is 4.98 Å². The van der Waals surface area contributed by atoms with Crippen molar-refractivity contribution in [1.29, 1.82) is 0 Å². The van der Waals surface area contributed by atoms with Gasteiger partial charge in [0.25, 0.3) is 0 Å². The van der Waals surface area contributed by atoms with Gasteiger partial charge in [-0.25, -0.2) is 0 Å². The minimum Gasteiger partial charge on any atom is -0.310 e. The zero-order valence-electron chi connectivity index (χ0n) is 8.76. The Bertz CT molecular complexity index is 276. The van der Waals surface area contributed by atoms with E-state index >= 15 is 0 Å². The first-order chi connectivity index (χ1) is 6.77. The van der Waals surface area contributed by atoms with Gasteiger partial charge < -0.3 is 5.32 Å². The number of pyridine rings is 1. The zero-order valence-corrected chi connectivity index (χ0v) is 10.3. The van der Waals surface area contributed by atoms with Crippen LogP contribution in [-0.2, 0) is 0 Å². The maximum atomic E-state index is 4.17. The van der Waals surface area contributed by atoms with Gasteiger partial charge in [0.05, 0.1) is 0 Å². The number of nitrogens with zero attached hydrogens (tertiary/aromatic N) is 1. The lowest BCUT2D eigenvalue weighted by atomic mass is 10.1. The van der Waals surface area contributed by atoms with Gasteiger partial charge in [-0.05, 0) is 46.9 Å². The Kier molecular flexibility index (Phi) is 5.12. The Hall–Kier alpha value is -0.410. The van der Waals surface area contributed by atoms with E-state index in [1.807, 2.05) is 12.4 Å². The highest BCUT2D eigenvalue weighted by molar-refractivity contribution is 9.10. The van der Waals surface area contributed by atoms with E-state index in [2.05, 4.69) is 46.1 Å². The van der Waals surface area contributed by atoms with Gasteiger partial charge in [0, 0.05) is 22.9 Å². The first kappa shape index (κ1) is 11.7. The van der Waals surface area contributed by atoms with Crippen LogP contribution in [0.15, 0.2) is 22.9 Å². The van der Waals surface area contributed by atoms with Crippen LogP contribution < -0.4 is 5.32 Å². The van der Waals surface area contributed by atoms with Crippen molar-refractivity contribution in [2.45, 2.75) is 32.7 Å². The van der Waals surface area contributed by atoms with Crippen LogP contribution in [0, 0.1) is 0 Å². The van der Waals surface area contributed by atoms with E-state index in [9.17, 15) is 0 Å². The Balaban J connectivity index is 2.68. The molecule has 1 heterocycles. The second kappa shape index (κ2) is 6.14. The summed E-state index contributed by atoms with van der Waals surface area (Å²) in [6, 6.07) is 2.56. The number of rotatable bonds is 5. The first-order valence-corrected chi connectivity index (χ1v) is 5.91. The highest BCUT2D eigenvalue weighted by Gasteiger charge is 2.08. The smallest absolute Gasteiger partial charge is 0.0410 e. The number of aromatic nitrogens is 1. The SMILES string of the molecule is CCCNC(CC)c1cncc(Br)c1. The third-order valence-electron chi connectivity index (χ3n) is 2.18. The standard InChI is InChI=1S/C11H17BrN2/c1-3-5-14-11(4-2)9-6-10(12)8-13-7-9/h6-8,11,14H,3-5H2,1-2H3. The normalized spacial score (nSPS) is 12.8. The minimum atomic E-state index is 0.431. The second-order valence-corrected chi connectivity index (χ2v) is 4.27. The largest absolute Gasteiger partial charge is 0.310 e. The number of hydrogen-bond donors (Lipinski definition) is 1. The van der Waals surface area contributed by atoms with Crippen LogP contribution in [0.5, 0.6) is 0 Å². The average Bonchev–Trinajstić information content (AvgIpc) is 2.19. The monoisotopic (exact) mass is 256 g/mol. The van der Waals surface area contributed by atoms with Crippen LogP contribution in [0.1, 0.15) is 38.3 Å². The topological polar surface area (TPSA) is 24.9 Å². The molecule has 0 radical (unpaired) electrons. The van der Waals surface area contributed by atoms with Gasteiger partial charge in [0.1, 0.15) is 0 Å². The van der Waals surface area contributed by atoms with Crippen molar-refractivity contribution in [3.63, 3.8) is 0 Å². The van der Waals surface area contributed by atoms with E-state index in [0.29, 0.717) is 6.04 Å². The minimum absolute atomic E-state index is 0.431. The van der Waals surface area contributed by atoms with Gasteiger partial charge in [0.15, 0.2) is 0 Å². The maximum Gasteiger partial charge on any atom is 0.0410 e. The maximum absolute atomic E-state index is 4.17. The molecule has 14 heavy (non-hydrogen) atoms. The number of nitrogens with one attached hydrogen (secondary N) is 1. The Morgan fingerprint density at radius 2 is 2.21 bits per heavy atom. The van der Waals surface area contributed by atoms with Crippen molar-refractivity contribution in [3.05, 3.63) is 28.5 Å². The molecule has 1 rings (SSSR count). The summed E-state index contributed by atoms with van der Waals surface area (Å²) in [4.78, 5) is 4.17. The van der Waals surface area contributed by atoms with Crippen molar-refractivity contribution < 1.29 is 0 Å². The summed E-state index contributed by atoms with van der Waals surface area (Å²) in [5.74, 6) is 0. The van der Waals surface area contributed by atoms with Crippen LogP contribution >= 0.6 is 15.9 Å². The van der Waals surface area contributed by atoms with Crippen molar-refractivity contribution in [1.82, 2.24) is 10.3 Å². The van der Waals surface area contributed by atoms with Crippen LogP contribution in [0.2, 0.25) is 0 Å². The molecular weight excluding hydrogens is 240 g/mol. The zero-order chi connectivity index (χ0) is 10.4. The molecule has 78 valence electrons. The third-order valence-corrected chi connectivity index (χ3v) is 2.61. The molecule has 0 saturated carbocycles. The van der Waals surface area contributed by atoms with Crippen LogP contribution in [0.25, 0.3) is 0 Å². The lowest BCUT2D eigenvalue weighted by molar-refractivity contribution is 0.517. The van der Waals surface area contributed by atoms with Crippen LogP contribution in [-0.4, -0.2) is 11.5 Å². The van der Waals surface area contributed by atoms with E-state index in [1.165, 1.54) is 5.56 Å². The van der Waals surface area contributed by atoms with E-state index < -0.39 is 0 Å². The molecule has 0 amide bonds. The van der Waals surface area contributed by atoms with E-state index in [-0.39, 0.29) is 0 Å². The number of halogens is 1. The van der Waals surface area contributed by atoms with Crippen molar-refractivity contribution in [2.24, 2.45) is 0 Å². The van der Waals surface area contributed by atoms with E-state index in [0.717, 1.165) is 23.9 Å². The molecular formula is C11H17BrN2. The predicted octanol–water partition coefficient (Wildman–Crippen LogP) is 3.29. The lowest BCUT2D eigenvalue weighted by Gasteiger charge is -2.16. The van der Waals surface area contributed by atoms with Gasteiger partial charge in [-0.1, -0.05) is 13.8 Å². The second-order valence-electron chi connectivity index (χ2n) is 3.35. The fraction of sp³-hybridized carbons (Fsp3) is 0.545. The van der Waals surface area contributed by atoms with Crippen molar-refractivity contribution >= 4 is 15.9 Å². The molecule has 0 aliphatic heterocycles. The molecule has 0 fully saturated rings. The third kappa shape index (κ3) is 3.39. The molecule has 1 atom stereocenters. The molecule has 1 aromatic rings. The summed E-state index contributed by atoms with van der Waals surface area (Å²) in [6.45, 7) is 5.43. The molecule has 1 N–H and O–H groups in total. The molecule has 1 aromatic heterocycles. The van der Waals surface area contributed by atoms with Gasteiger partial charge in [-0.15, -0.1) is 0 Å². The fourth-order valence-electron chi connectivity index (χ4n) is 1.44. The fourth-order valence-corrected chi connectivity index (χ4v) is 1.82. The predicted molar refractivity (Wildman–Crippen MR) is 63.3 cm³/mol. The first-order valence-electron chi connectivity index (χ1n) is 5.11. The Labute approximate surface area is 94.3 Å². The molecule has 0 aliphatic carbocycles. The highest BCUT2D eigenvalue weighted by Crippen LogP contribution is 2.19. The molecule has 0 spiro atoms. The molecule has 0 saturated heterocycles. The Morgan fingerprint density at radius 1 is 1.43 bits per heavy atom. The quantitative estimate of drug-likeness (QED) is 0.875. The summed E-state index contributed by atoms with van der Waals surface area (Å²) < 4.78 is 1.05. The molecule has 0 aromatic carbocycles. The summed E-state index contributed by atoms with van der Waals surface area (Å²) >= 11 is 3.44. The number of hydrogen-bond acceptors (Lipinski definition) is 2. The van der Waals surface area contributed by atoms with Gasteiger partial charge in [-0.2, -0.15) is 0 Å². The molecule has 2 nitrogen and oxygen atoms in total. The van der Waals surface area contributed by atoms with Crippen LogP contribution in [0.4, 0.5) is 0 Å². The summed E-state index contributed by atoms with van der Waals surface area (Å²) in [7, 11) is 0. The lowest BCUT2D eigenvalue weighted by Crippen LogP contribution is -2.21. The molecule has 1 unspecified atom stereocenters. The molecule has 3 heteroatoms. The Morgan fingerprint density at radius 3 is 2.79 bits per heavy atom. The van der Waals surface area contributed by atoms with E-state index in [1.54, 1.807) is 0 Å². The summed E-state index contributed by atoms with van der Waals surface area (Å²) in [5, 5.41) is 3.50. The van der Waals surface area contributed by atoms with Gasteiger partial charge in [0.2, 0.25) is 0 Å². The van der Waals surface area contributed by atoms with Crippen molar-refractivity contribution in [3.8, 4) is 0 Å². The van der Waals surface area contributed by atoms with Crippen molar-refractivity contribution in [2.75, 3.05) is 6.54 Å². The average molecular weight is 257 g/mol. The summed E-state index contributed by atoms with van der Waals surface area (Å²) in [5.41, 5.74) is 1.26.